The fourth-order valence-electron chi connectivity index (χ4n) is 1.13. The number of Topliss-reactive ketones (excluding diaryl/α,β-unsaturated/α-hetero) is 1. The molecule has 62 valence electrons. The smallest absolute Gasteiger partial charge is 0.214 e. The van der Waals surface area contributed by atoms with Crippen molar-refractivity contribution >= 4 is 12.1 Å². The van der Waals surface area contributed by atoms with Crippen LogP contribution in [0.1, 0.15) is 6.92 Å². The number of hydrogen-bond acceptors (Lipinski definition) is 4. The van der Waals surface area contributed by atoms with E-state index in [0.717, 1.165) is 0 Å². The number of carbonyl (C=O) groups is 2. The van der Waals surface area contributed by atoms with E-state index in [2.05, 4.69) is 5.32 Å². The van der Waals surface area contributed by atoms with Crippen molar-refractivity contribution in [3.8, 4) is 0 Å². The lowest BCUT2D eigenvalue weighted by molar-refractivity contribution is -0.135. The van der Waals surface area contributed by atoms with Gasteiger partial charge in [0.1, 0.15) is 6.04 Å². The number of rotatable bonds is 2. The Bertz CT molecular complexity index is 169. The highest BCUT2D eigenvalue weighted by Crippen LogP contribution is 2.03. The van der Waals surface area contributed by atoms with Gasteiger partial charge >= 0.3 is 0 Å². The molecule has 1 aliphatic rings. The van der Waals surface area contributed by atoms with Crippen LogP contribution in [0.2, 0.25) is 0 Å². The topological polar surface area (TPSA) is 55.4 Å². The molecular weight excluding hydrogens is 146 g/mol. The Kier molecular flexibility index (Phi) is 2.73. The summed E-state index contributed by atoms with van der Waals surface area (Å²) in [6.07, 6.45) is 0.143. The third-order valence-electron chi connectivity index (χ3n) is 1.74. The second-order valence-electron chi connectivity index (χ2n) is 2.53. The van der Waals surface area contributed by atoms with E-state index < -0.39 is 11.8 Å². The maximum absolute atomic E-state index is 10.9. The van der Waals surface area contributed by atoms with E-state index in [1.165, 1.54) is 0 Å². The van der Waals surface area contributed by atoms with Gasteiger partial charge in [0.15, 0.2) is 6.29 Å². The molecular formula is C7H11NO3. The first kappa shape index (κ1) is 8.36. The van der Waals surface area contributed by atoms with Crippen LogP contribution >= 0.6 is 0 Å². The summed E-state index contributed by atoms with van der Waals surface area (Å²) >= 11 is 0. The molecule has 1 fully saturated rings. The van der Waals surface area contributed by atoms with Crippen molar-refractivity contribution in [1.29, 1.82) is 0 Å². The molecule has 0 aromatic rings. The van der Waals surface area contributed by atoms with E-state index >= 15 is 0 Å². The molecule has 0 saturated carbocycles. The zero-order valence-electron chi connectivity index (χ0n) is 6.37. The van der Waals surface area contributed by atoms with E-state index in [1.807, 2.05) is 0 Å². The Balaban J connectivity index is 2.53. The van der Waals surface area contributed by atoms with Gasteiger partial charge in [-0.25, -0.2) is 0 Å². The van der Waals surface area contributed by atoms with Crippen molar-refractivity contribution in [3.63, 3.8) is 0 Å². The first-order chi connectivity index (χ1) is 5.25. The molecule has 1 saturated heterocycles. The molecule has 0 aromatic carbocycles. The number of morpholine rings is 1. The standard InChI is InChI=1S/C7H11NO3/c1-5-7(6(10)4-9)8-2-3-11-5/h4-5,7-8H,2-3H2,1H3. The van der Waals surface area contributed by atoms with E-state index in [0.29, 0.717) is 19.4 Å². The summed E-state index contributed by atoms with van der Waals surface area (Å²) in [5.41, 5.74) is 0. The highest BCUT2D eigenvalue weighted by Gasteiger charge is 2.27. The van der Waals surface area contributed by atoms with Gasteiger partial charge in [0.2, 0.25) is 5.78 Å². The van der Waals surface area contributed by atoms with E-state index in [-0.39, 0.29) is 6.10 Å². The van der Waals surface area contributed by atoms with Crippen molar-refractivity contribution < 1.29 is 14.3 Å². The second kappa shape index (κ2) is 3.59. The Morgan fingerprint density at radius 1 is 1.73 bits per heavy atom. The molecule has 2 unspecified atom stereocenters. The lowest BCUT2D eigenvalue weighted by Crippen LogP contribution is -2.52. The van der Waals surface area contributed by atoms with Gasteiger partial charge in [-0.2, -0.15) is 0 Å². The fourth-order valence-corrected chi connectivity index (χ4v) is 1.13. The normalized spacial score (nSPS) is 31.4. The number of hydrogen-bond donors (Lipinski definition) is 1. The van der Waals surface area contributed by atoms with Crippen LogP contribution in [-0.4, -0.2) is 37.4 Å². The minimum atomic E-state index is -0.443. The van der Waals surface area contributed by atoms with Crippen molar-refractivity contribution in [2.75, 3.05) is 13.2 Å². The summed E-state index contributed by atoms with van der Waals surface area (Å²) in [4.78, 5) is 21.0. The fraction of sp³-hybridized carbons (Fsp3) is 0.714. The molecule has 0 aliphatic carbocycles. The highest BCUT2D eigenvalue weighted by molar-refractivity contribution is 6.27. The third kappa shape index (κ3) is 1.85. The van der Waals surface area contributed by atoms with Crippen molar-refractivity contribution in [1.82, 2.24) is 5.32 Å². The first-order valence-corrected chi connectivity index (χ1v) is 3.59. The Hall–Kier alpha value is -0.740. The predicted octanol–water partition coefficient (Wildman–Crippen LogP) is -0.869. The lowest BCUT2D eigenvalue weighted by Gasteiger charge is -2.27. The van der Waals surface area contributed by atoms with Gasteiger partial charge in [-0.05, 0) is 6.92 Å². The summed E-state index contributed by atoms with van der Waals surface area (Å²) in [5, 5.41) is 2.91. The van der Waals surface area contributed by atoms with Crippen LogP contribution in [-0.2, 0) is 14.3 Å². The largest absolute Gasteiger partial charge is 0.375 e. The summed E-state index contributed by atoms with van der Waals surface area (Å²) in [6.45, 7) is 3.01. The van der Waals surface area contributed by atoms with Crippen LogP contribution in [0.5, 0.6) is 0 Å². The van der Waals surface area contributed by atoms with E-state index in [4.69, 9.17) is 4.74 Å². The van der Waals surface area contributed by atoms with Gasteiger partial charge in [0.05, 0.1) is 12.7 Å². The number of aldehydes is 1. The van der Waals surface area contributed by atoms with Gasteiger partial charge in [0.25, 0.3) is 0 Å². The molecule has 0 aromatic heterocycles. The molecule has 1 N–H and O–H groups in total. The zero-order valence-corrected chi connectivity index (χ0v) is 6.37. The van der Waals surface area contributed by atoms with E-state index in [9.17, 15) is 9.59 Å². The number of ether oxygens (including phenoxy) is 1. The zero-order chi connectivity index (χ0) is 8.27. The van der Waals surface area contributed by atoms with Gasteiger partial charge in [-0.15, -0.1) is 0 Å². The molecule has 4 nitrogen and oxygen atoms in total. The number of ketones is 1. The monoisotopic (exact) mass is 157 g/mol. The summed E-state index contributed by atoms with van der Waals surface area (Å²) in [6, 6.07) is -0.443. The van der Waals surface area contributed by atoms with Gasteiger partial charge in [0, 0.05) is 6.54 Å². The summed E-state index contributed by atoms with van der Waals surface area (Å²) in [7, 11) is 0. The van der Waals surface area contributed by atoms with Gasteiger partial charge < -0.3 is 10.1 Å². The molecule has 2 atom stereocenters. The second-order valence-corrected chi connectivity index (χ2v) is 2.53. The predicted molar refractivity (Wildman–Crippen MR) is 38.3 cm³/mol. The lowest BCUT2D eigenvalue weighted by atomic mass is 10.1. The molecule has 0 radical (unpaired) electrons. The molecule has 4 heteroatoms. The van der Waals surface area contributed by atoms with Crippen LogP contribution < -0.4 is 5.32 Å². The molecule has 0 bridgehead atoms. The molecule has 1 rings (SSSR count). The quantitative estimate of drug-likeness (QED) is 0.418. The summed E-state index contributed by atoms with van der Waals surface area (Å²) < 4.78 is 5.17. The first-order valence-electron chi connectivity index (χ1n) is 3.59. The minimum absolute atomic E-state index is 0.193. The molecule has 0 spiro atoms. The molecule has 1 aliphatic heterocycles. The van der Waals surface area contributed by atoms with E-state index in [1.54, 1.807) is 6.92 Å². The number of carbonyl (C=O) groups excluding carboxylic acids is 2. The molecule has 1 heterocycles. The Morgan fingerprint density at radius 2 is 2.45 bits per heavy atom. The van der Waals surface area contributed by atoms with Gasteiger partial charge in [-0.3, -0.25) is 9.59 Å². The third-order valence-corrected chi connectivity index (χ3v) is 1.74. The number of nitrogens with one attached hydrogen (secondary N) is 1. The molecule has 0 amide bonds. The van der Waals surface area contributed by atoms with Crippen LogP contribution in [0.3, 0.4) is 0 Å². The van der Waals surface area contributed by atoms with Crippen LogP contribution in [0.25, 0.3) is 0 Å². The highest BCUT2D eigenvalue weighted by atomic mass is 16.5. The molecule has 11 heavy (non-hydrogen) atoms. The SMILES string of the molecule is CC1OCCNC1C(=O)C=O. The van der Waals surface area contributed by atoms with Crippen LogP contribution in [0.15, 0.2) is 0 Å². The Labute approximate surface area is 64.9 Å². The average Bonchev–Trinajstić information content (AvgIpc) is 2.04. The maximum Gasteiger partial charge on any atom is 0.214 e. The van der Waals surface area contributed by atoms with Crippen LogP contribution in [0.4, 0.5) is 0 Å². The van der Waals surface area contributed by atoms with Crippen LogP contribution in [0, 0.1) is 0 Å². The van der Waals surface area contributed by atoms with Gasteiger partial charge in [-0.1, -0.05) is 0 Å². The maximum atomic E-state index is 10.9. The van der Waals surface area contributed by atoms with Crippen molar-refractivity contribution in [3.05, 3.63) is 0 Å². The summed E-state index contributed by atoms with van der Waals surface area (Å²) in [5.74, 6) is -0.433. The average molecular weight is 157 g/mol. The minimum Gasteiger partial charge on any atom is -0.375 e. The van der Waals surface area contributed by atoms with Crippen molar-refractivity contribution in [2.24, 2.45) is 0 Å². The van der Waals surface area contributed by atoms with Crippen molar-refractivity contribution in [2.45, 2.75) is 19.1 Å². The Morgan fingerprint density at radius 3 is 3.00 bits per heavy atom.